The van der Waals surface area contributed by atoms with Gasteiger partial charge in [-0.05, 0) is 103 Å². The van der Waals surface area contributed by atoms with E-state index >= 15 is 8.78 Å². The Morgan fingerprint density at radius 1 is 0.892 bits per heavy atom. The molecule has 0 spiro atoms. The van der Waals surface area contributed by atoms with Gasteiger partial charge < -0.3 is 15.3 Å². The van der Waals surface area contributed by atoms with Crippen LogP contribution in [-0.4, -0.2) is 33.5 Å². The lowest BCUT2D eigenvalue weighted by atomic mass is 9.43. The van der Waals surface area contributed by atoms with Crippen LogP contribution in [-0.2, 0) is 0 Å². The minimum absolute atomic E-state index is 0.0136. The summed E-state index contributed by atoms with van der Waals surface area (Å²) in [5.74, 6) is -3.67. The van der Waals surface area contributed by atoms with Crippen molar-refractivity contribution in [2.75, 3.05) is 0 Å². The highest BCUT2D eigenvalue weighted by Gasteiger charge is 2.69. The third-order valence-electron chi connectivity index (χ3n) is 11.9. The number of benzene rings is 1. The van der Waals surface area contributed by atoms with Gasteiger partial charge >= 0.3 is 0 Å². The first-order valence-electron chi connectivity index (χ1n) is 14.6. The van der Waals surface area contributed by atoms with Crippen LogP contribution < -0.4 is 0 Å². The first kappa shape index (κ1) is 27.5. The van der Waals surface area contributed by atoms with Crippen molar-refractivity contribution in [3.05, 3.63) is 35.6 Å². The van der Waals surface area contributed by atoms with Crippen LogP contribution in [0.5, 0.6) is 0 Å². The van der Waals surface area contributed by atoms with E-state index in [-0.39, 0.29) is 34.9 Å². The summed E-state index contributed by atoms with van der Waals surface area (Å²) in [6.45, 7) is 6.63. The molecule has 1 unspecified atom stereocenters. The molecule has 0 aliphatic heterocycles. The minimum Gasteiger partial charge on any atom is -0.390 e. The molecule has 5 rings (SSSR count). The van der Waals surface area contributed by atoms with Gasteiger partial charge in [0.1, 0.15) is 5.82 Å². The van der Waals surface area contributed by atoms with E-state index < -0.39 is 36.1 Å². The van der Waals surface area contributed by atoms with Gasteiger partial charge in [0.2, 0.25) is 0 Å². The number of aliphatic hydroxyl groups excluding tert-OH is 3. The largest absolute Gasteiger partial charge is 0.390 e. The Hall–Kier alpha value is -1.11. The number of aliphatic hydroxyl groups is 3. The monoisotopic (exact) mass is 522 g/mol. The lowest BCUT2D eigenvalue weighted by Crippen LogP contribution is -2.64. The molecule has 3 nitrogen and oxygen atoms in total. The molecule has 4 fully saturated rings. The molecule has 4 aliphatic rings. The van der Waals surface area contributed by atoms with Gasteiger partial charge in [0, 0.05) is 12.3 Å². The van der Waals surface area contributed by atoms with E-state index in [1.54, 1.807) is 12.1 Å². The van der Waals surface area contributed by atoms with Crippen molar-refractivity contribution >= 4 is 0 Å². The van der Waals surface area contributed by atoms with Crippen molar-refractivity contribution in [3.8, 4) is 0 Å². The van der Waals surface area contributed by atoms with Crippen LogP contribution in [0.4, 0.5) is 13.2 Å². The van der Waals surface area contributed by atoms with Gasteiger partial charge in [0.25, 0.3) is 5.92 Å². The molecule has 4 aliphatic carbocycles. The number of alkyl halides is 2. The highest BCUT2D eigenvalue weighted by molar-refractivity contribution is 5.18. The molecule has 0 saturated heterocycles. The number of fused-ring (bicyclic) bond motifs is 5. The quantitative estimate of drug-likeness (QED) is 0.381. The smallest absolute Gasteiger partial charge is 0.251 e. The second-order valence-electron chi connectivity index (χ2n) is 13.6. The number of hydrogen-bond donors (Lipinski definition) is 3. The average molecular weight is 523 g/mol. The van der Waals surface area contributed by atoms with E-state index in [9.17, 15) is 19.7 Å². The molecule has 1 aromatic carbocycles. The van der Waals surface area contributed by atoms with Crippen LogP contribution in [0.25, 0.3) is 0 Å². The second-order valence-corrected chi connectivity index (χ2v) is 13.6. The summed E-state index contributed by atoms with van der Waals surface area (Å²) in [5.41, 5.74) is 0.272. The predicted octanol–water partition coefficient (Wildman–Crippen LogP) is 6.90. The first-order chi connectivity index (χ1) is 17.4. The van der Waals surface area contributed by atoms with E-state index in [1.165, 1.54) is 12.1 Å². The third-order valence-corrected chi connectivity index (χ3v) is 11.9. The van der Waals surface area contributed by atoms with Crippen LogP contribution in [0.2, 0.25) is 0 Å². The molecule has 1 aromatic rings. The Bertz CT molecular complexity index is 954. The Balaban J connectivity index is 1.27. The van der Waals surface area contributed by atoms with E-state index in [1.807, 2.05) is 0 Å². The summed E-state index contributed by atoms with van der Waals surface area (Å²) < 4.78 is 45.1. The molecule has 6 heteroatoms. The zero-order valence-corrected chi connectivity index (χ0v) is 22.6. The van der Waals surface area contributed by atoms with E-state index in [4.69, 9.17) is 0 Å². The van der Waals surface area contributed by atoms with Crippen molar-refractivity contribution < 1.29 is 28.5 Å². The maximum absolute atomic E-state index is 16.0. The fraction of sp³-hybridized carbons (Fsp3) is 0.806. The summed E-state index contributed by atoms with van der Waals surface area (Å²) >= 11 is 0. The van der Waals surface area contributed by atoms with Gasteiger partial charge in [-0.3, -0.25) is 0 Å². The maximum Gasteiger partial charge on any atom is 0.251 e. The standard InChI is InChI=1S/C31H45F3O3/c1-18(5-4-6-25(35)19-7-9-20(32)10-8-19)21-11-12-22-27-23(13-15-29(21,22)2)30(3)16-14-26(36)28(37)24(30)17-31(27,33)34/h7-10,18,21-28,35-37H,4-6,11-17H2,1-3H3/t18-,21-,22+,23+,24+,25?,26+,27+,28-,29-,30-/m1/s1. The molecule has 11 atom stereocenters. The van der Waals surface area contributed by atoms with Crippen LogP contribution in [0.1, 0.15) is 96.6 Å². The van der Waals surface area contributed by atoms with Crippen molar-refractivity contribution in [1.29, 1.82) is 0 Å². The number of rotatable bonds is 6. The number of hydrogen-bond acceptors (Lipinski definition) is 3. The fourth-order valence-corrected chi connectivity index (χ4v) is 9.85. The summed E-state index contributed by atoms with van der Waals surface area (Å²) in [7, 11) is 0. The minimum atomic E-state index is -2.82. The maximum atomic E-state index is 16.0. The summed E-state index contributed by atoms with van der Waals surface area (Å²) in [5, 5.41) is 31.5. The molecule has 3 N–H and O–H groups in total. The van der Waals surface area contributed by atoms with Gasteiger partial charge in [-0.15, -0.1) is 0 Å². The Morgan fingerprint density at radius 2 is 1.54 bits per heavy atom. The second kappa shape index (κ2) is 9.82. The van der Waals surface area contributed by atoms with Crippen molar-refractivity contribution in [2.45, 2.75) is 109 Å². The molecule has 4 saturated carbocycles. The summed E-state index contributed by atoms with van der Waals surface area (Å²) in [6.07, 6.45) is 4.28. The van der Waals surface area contributed by atoms with Crippen LogP contribution in [0.15, 0.2) is 24.3 Å². The Labute approximate surface area is 219 Å². The van der Waals surface area contributed by atoms with Crippen molar-refractivity contribution in [1.82, 2.24) is 0 Å². The molecule has 37 heavy (non-hydrogen) atoms. The third kappa shape index (κ3) is 4.57. The lowest BCUT2D eigenvalue weighted by molar-refractivity contribution is -0.258. The average Bonchev–Trinajstić information content (AvgIpc) is 3.20. The van der Waals surface area contributed by atoms with E-state index in [2.05, 4.69) is 20.8 Å². The fourth-order valence-electron chi connectivity index (χ4n) is 9.85. The summed E-state index contributed by atoms with van der Waals surface area (Å²) in [6, 6.07) is 6.01. The van der Waals surface area contributed by atoms with Gasteiger partial charge in [0.05, 0.1) is 18.3 Å². The molecule has 0 aromatic heterocycles. The summed E-state index contributed by atoms with van der Waals surface area (Å²) in [4.78, 5) is 0. The number of halogens is 3. The molecular formula is C31H45F3O3. The molecule has 0 bridgehead atoms. The zero-order chi connectivity index (χ0) is 26.8. The van der Waals surface area contributed by atoms with Gasteiger partial charge in [-0.25, -0.2) is 13.2 Å². The van der Waals surface area contributed by atoms with Crippen LogP contribution >= 0.6 is 0 Å². The van der Waals surface area contributed by atoms with Crippen molar-refractivity contribution in [3.63, 3.8) is 0 Å². The molecule has 208 valence electrons. The predicted molar refractivity (Wildman–Crippen MR) is 137 cm³/mol. The SMILES string of the molecule is C[C@H](CCCC(O)c1ccc(F)cc1)[C@H]1CC[C@H]2[C@H]3[C@H](CC[C@]12C)[C@@]1(C)CC[C@H](O)[C@H](O)[C@@H]1CC3(F)F. The highest BCUT2D eigenvalue weighted by Crippen LogP contribution is 2.71. The molecule has 0 radical (unpaired) electrons. The topological polar surface area (TPSA) is 60.7 Å². The molecular weight excluding hydrogens is 477 g/mol. The normalized spacial score (nSPS) is 44.4. The van der Waals surface area contributed by atoms with E-state index in [0.717, 1.165) is 44.1 Å². The Kier molecular flexibility index (Phi) is 7.28. The van der Waals surface area contributed by atoms with Gasteiger partial charge in [-0.2, -0.15) is 0 Å². The van der Waals surface area contributed by atoms with Gasteiger partial charge in [-0.1, -0.05) is 45.7 Å². The lowest BCUT2D eigenvalue weighted by Gasteiger charge is -2.63. The van der Waals surface area contributed by atoms with E-state index in [0.29, 0.717) is 31.1 Å². The highest BCUT2D eigenvalue weighted by atomic mass is 19.3. The van der Waals surface area contributed by atoms with Gasteiger partial charge in [0.15, 0.2) is 0 Å². The van der Waals surface area contributed by atoms with Crippen LogP contribution in [0, 0.1) is 52.2 Å². The van der Waals surface area contributed by atoms with Crippen molar-refractivity contribution in [2.24, 2.45) is 46.3 Å². The Morgan fingerprint density at radius 3 is 2.24 bits per heavy atom. The first-order valence-corrected chi connectivity index (χ1v) is 14.6. The zero-order valence-electron chi connectivity index (χ0n) is 22.6. The van der Waals surface area contributed by atoms with Crippen LogP contribution in [0.3, 0.4) is 0 Å². The molecule has 0 amide bonds. The molecule has 0 heterocycles.